The Morgan fingerprint density at radius 2 is 1.69 bits per heavy atom. The molecule has 0 aliphatic carbocycles. The molecule has 1 fully saturated rings. The second-order valence-electron chi connectivity index (χ2n) is 15.4. The number of methoxy groups -OCH3 is 1. The zero-order valence-electron chi connectivity index (χ0n) is 33.5. The lowest BCUT2D eigenvalue weighted by Crippen LogP contribution is -2.55. The van der Waals surface area contributed by atoms with Gasteiger partial charge < -0.3 is 44.0 Å². The lowest BCUT2D eigenvalue weighted by atomic mass is 9.95. The Hall–Kier alpha value is -4.86. The van der Waals surface area contributed by atoms with Gasteiger partial charge in [-0.1, -0.05) is 35.3 Å². The fourth-order valence-electron chi connectivity index (χ4n) is 6.67. The van der Waals surface area contributed by atoms with Gasteiger partial charge in [0.15, 0.2) is 5.69 Å². The van der Waals surface area contributed by atoms with Crippen LogP contribution in [0, 0.1) is 0 Å². The Morgan fingerprint density at radius 3 is 2.40 bits per heavy atom. The van der Waals surface area contributed by atoms with E-state index < -0.39 is 17.2 Å². The lowest BCUT2D eigenvalue weighted by Gasteiger charge is -2.41. The van der Waals surface area contributed by atoms with Crippen LogP contribution in [-0.4, -0.2) is 104 Å². The van der Waals surface area contributed by atoms with Gasteiger partial charge in [-0.3, -0.25) is 9.59 Å². The maximum atomic E-state index is 14.3. The number of nitrogens with zero attached hydrogens (tertiary/aromatic N) is 3. The third kappa shape index (κ3) is 10.4. The highest BCUT2D eigenvalue weighted by Gasteiger charge is 2.39. The van der Waals surface area contributed by atoms with Crippen LogP contribution in [0.1, 0.15) is 57.1 Å². The van der Waals surface area contributed by atoms with E-state index in [1.54, 1.807) is 61.7 Å². The Labute approximate surface area is 347 Å². The highest BCUT2D eigenvalue weighted by molar-refractivity contribution is 6.34. The number of fused-ring (bicyclic) bond motifs is 3. The van der Waals surface area contributed by atoms with Gasteiger partial charge in [0.1, 0.15) is 23.7 Å². The Bertz CT molecular complexity index is 2130. The molecule has 0 bridgehead atoms. The van der Waals surface area contributed by atoms with E-state index in [0.29, 0.717) is 95.9 Å². The molecule has 3 amide bonds. The number of carbonyl (C=O) groups is 3. The summed E-state index contributed by atoms with van der Waals surface area (Å²) in [6.45, 7) is 12.1. The summed E-state index contributed by atoms with van der Waals surface area (Å²) in [4.78, 5) is 40.7. The predicted molar refractivity (Wildman–Crippen MR) is 220 cm³/mol. The predicted octanol–water partition coefficient (Wildman–Crippen LogP) is 7.55. The Balaban J connectivity index is 1.18. The number of aromatic nitrogens is 2. The highest BCUT2D eigenvalue weighted by Crippen LogP contribution is 2.47. The summed E-state index contributed by atoms with van der Waals surface area (Å²) < 4.78 is 35.8. The van der Waals surface area contributed by atoms with Crippen LogP contribution in [-0.2, 0) is 30.3 Å². The third-order valence-corrected chi connectivity index (χ3v) is 9.75. The minimum Gasteiger partial charge on any atom is -0.496 e. The van der Waals surface area contributed by atoms with Crippen LogP contribution in [0.25, 0.3) is 28.1 Å². The van der Waals surface area contributed by atoms with Crippen LogP contribution in [0.2, 0.25) is 10.0 Å². The van der Waals surface area contributed by atoms with E-state index in [0.717, 1.165) is 11.1 Å². The molecular formula is C42H49Cl2N5O9. The molecule has 0 radical (unpaired) electrons. The lowest BCUT2D eigenvalue weighted by molar-refractivity contribution is -0.117. The molecule has 0 unspecified atom stereocenters. The molecular weight excluding hydrogens is 789 g/mol. The van der Waals surface area contributed by atoms with Gasteiger partial charge in [-0.25, -0.2) is 9.48 Å². The number of morpholine rings is 1. The van der Waals surface area contributed by atoms with Gasteiger partial charge in [0.2, 0.25) is 5.91 Å². The molecule has 4 aromatic rings. The number of hydrogen-bond donors (Lipinski definition) is 2. The van der Waals surface area contributed by atoms with Crippen molar-refractivity contribution in [3.63, 3.8) is 0 Å². The molecule has 3 aromatic carbocycles. The second kappa shape index (κ2) is 18.4. The van der Waals surface area contributed by atoms with Crippen LogP contribution in [0.5, 0.6) is 11.5 Å². The standard InChI is InChI=1S/C42H49Cl2N5O9/c1-41(2,3)58-40(52)45-11-14-55-17-16-54-13-10-36(50)46-29-9-7-8-26(18-29)31-22-32-35(23-34(31)53-6)57-24-33-37(39(51)48-12-15-56-25-42(48,4)5)47-49(38(32)33)30-20-27(43)19-28(44)21-30/h7-9,18-23H,10-17,24-25H2,1-6H3,(H,45,52)(H,46,50). The minimum absolute atomic E-state index is 0.0938. The summed E-state index contributed by atoms with van der Waals surface area (Å²) in [5.41, 5.74) is 3.75. The number of carbonyl (C=O) groups excluding carboxylic acids is 3. The van der Waals surface area contributed by atoms with Crippen molar-refractivity contribution >= 4 is 46.8 Å². The number of hydrogen-bond acceptors (Lipinski definition) is 10. The van der Waals surface area contributed by atoms with Crippen LogP contribution in [0.3, 0.4) is 0 Å². The normalized spacial score (nSPS) is 14.5. The molecule has 58 heavy (non-hydrogen) atoms. The first-order valence-electron chi connectivity index (χ1n) is 19.0. The van der Waals surface area contributed by atoms with E-state index in [4.69, 9.17) is 56.7 Å². The average Bonchev–Trinajstić information content (AvgIpc) is 3.56. The number of halogens is 2. The first kappa shape index (κ1) is 42.7. The number of amides is 3. The molecule has 2 aliphatic rings. The van der Waals surface area contributed by atoms with Gasteiger partial charge >= 0.3 is 6.09 Å². The number of alkyl carbamates (subject to hydrolysis) is 1. The molecule has 1 aromatic heterocycles. The topological polar surface area (TPSA) is 152 Å². The number of anilines is 1. The van der Waals surface area contributed by atoms with Gasteiger partial charge in [-0.2, -0.15) is 5.10 Å². The fraction of sp³-hybridized carbons (Fsp3) is 0.429. The molecule has 3 heterocycles. The van der Waals surface area contributed by atoms with Crippen LogP contribution >= 0.6 is 23.2 Å². The first-order chi connectivity index (χ1) is 27.6. The molecule has 1 saturated heterocycles. The quantitative estimate of drug-likeness (QED) is 0.122. The third-order valence-electron chi connectivity index (χ3n) is 9.31. The van der Waals surface area contributed by atoms with Crippen molar-refractivity contribution in [2.45, 2.75) is 58.8 Å². The molecule has 16 heteroatoms. The van der Waals surface area contributed by atoms with E-state index >= 15 is 0 Å². The van der Waals surface area contributed by atoms with Crippen molar-refractivity contribution in [1.29, 1.82) is 0 Å². The largest absolute Gasteiger partial charge is 0.496 e. The Kier molecular flexibility index (Phi) is 13.5. The number of nitrogens with one attached hydrogen (secondary N) is 2. The SMILES string of the molecule is COc1cc2c(cc1-c1cccc(NC(=O)CCOCCOCCNC(=O)OC(C)(C)C)c1)-c1c(c(C(=O)N3CCOCC3(C)C)nn1-c1cc(Cl)cc(Cl)c1)CO2. The smallest absolute Gasteiger partial charge is 0.407 e. The monoisotopic (exact) mass is 837 g/mol. The summed E-state index contributed by atoms with van der Waals surface area (Å²) in [5, 5.41) is 11.3. The summed E-state index contributed by atoms with van der Waals surface area (Å²) in [7, 11) is 1.58. The molecule has 2 aliphatic heterocycles. The first-order valence-corrected chi connectivity index (χ1v) is 19.7. The molecule has 0 saturated carbocycles. The fourth-order valence-corrected chi connectivity index (χ4v) is 7.19. The van der Waals surface area contributed by atoms with E-state index in [1.807, 2.05) is 44.2 Å². The van der Waals surface area contributed by atoms with Crippen molar-refractivity contribution in [1.82, 2.24) is 20.0 Å². The van der Waals surface area contributed by atoms with Crippen molar-refractivity contribution in [2.75, 3.05) is 65.2 Å². The number of rotatable bonds is 14. The van der Waals surface area contributed by atoms with Crippen molar-refractivity contribution in [2.24, 2.45) is 0 Å². The molecule has 14 nitrogen and oxygen atoms in total. The molecule has 310 valence electrons. The van der Waals surface area contributed by atoms with Gasteiger partial charge in [-0.15, -0.1) is 0 Å². The summed E-state index contributed by atoms with van der Waals surface area (Å²) in [6.07, 6.45) is -0.368. The second-order valence-corrected chi connectivity index (χ2v) is 16.3. The van der Waals surface area contributed by atoms with Crippen LogP contribution < -0.4 is 20.1 Å². The molecule has 0 spiro atoms. The molecule has 6 rings (SSSR count). The van der Waals surface area contributed by atoms with Gasteiger partial charge in [0.05, 0.1) is 70.1 Å². The molecule has 2 N–H and O–H groups in total. The van der Waals surface area contributed by atoms with E-state index in [1.165, 1.54) is 0 Å². The van der Waals surface area contributed by atoms with Crippen molar-refractivity contribution in [3.05, 3.63) is 75.9 Å². The minimum atomic E-state index is -0.567. The van der Waals surface area contributed by atoms with Crippen LogP contribution in [0.4, 0.5) is 10.5 Å². The van der Waals surface area contributed by atoms with Crippen molar-refractivity contribution in [3.8, 4) is 39.6 Å². The maximum absolute atomic E-state index is 14.3. The van der Waals surface area contributed by atoms with Crippen LogP contribution in [0.15, 0.2) is 54.6 Å². The zero-order chi connectivity index (χ0) is 41.6. The summed E-state index contributed by atoms with van der Waals surface area (Å²) in [5.74, 6) is 0.634. The van der Waals surface area contributed by atoms with Gasteiger partial charge in [0.25, 0.3) is 5.91 Å². The number of benzene rings is 3. The molecule has 0 atom stereocenters. The van der Waals surface area contributed by atoms with E-state index in [-0.39, 0.29) is 37.1 Å². The maximum Gasteiger partial charge on any atom is 0.407 e. The zero-order valence-corrected chi connectivity index (χ0v) is 35.1. The number of ether oxygens (including phenoxy) is 6. The highest BCUT2D eigenvalue weighted by atomic mass is 35.5. The average molecular weight is 839 g/mol. The van der Waals surface area contributed by atoms with E-state index in [9.17, 15) is 14.4 Å². The van der Waals surface area contributed by atoms with Gasteiger partial charge in [0, 0.05) is 51.6 Å². The van der Waals surface area contributed by atoms with Crippen molar-refractivity contribution < 1.29 is 42.8 Å². The van der Waals surface area contributed by atoms with E-state index in [2.05, 4.69) is 10.6 Å². The Morgan fingerprint density at radius 1 is 0.948 bits per heavy atom. The van der Waals surface area contributed by atoms with Gasteiger partial charge in [-0.05, 0) is 76.6 Å². The summed E-state index contributed by atoms with van der Waals surface area (Å²) >= 11 is 13.0. The summed E-state index contributed by atoms with van der Waals surface area (Å²) in [6, 6.07) is 16.3.